The van der Waals surface area contributed by atoms with Gasteiger partial charge in [-0.3, -0.25) is 0 Å². The van der Waals surface area contributed by atoms with E-state index in [1.54, 1.807) is 0 Å². The molecular weight excluding hydrogens is 124 g/mol. The molecule has 0 aromatic carbocycles. The lowest BCUT2D eigenvalue weighted by molar-refractivity contribution is 0.718. The third-order valence-corrected chi connectivity index (χ3v) is 1.18. The SMILES string of the molecule is CC[C@H](C)N=C=NC(C)C. The maximum Gasteiger partial charge on any atom is 0.0898 e. The van der Waals surface area contributed by atoms with Crippen LogP contribution < -0.4 is 0 Å². The minimum atomic E-state index is 0.313. The van der Waals surface area contributed by atoms with Gasteiger partial charge >= 0.3 is 0 Å². The van der Waals surface area contributed by atoms with Crippen molar-refractivity contribution < 1.29 is 0 Å². The van der Waals surface area contributed by atoms with E-state index in [4.69, 9.17) is 0 Å². The molecule has 2 nitrogen and oxygen atoms in total. The molecule has 0 radical (unpaired) electrons. The molecule has 58 valence electrons. The van der Waals surface area contributed by atoms with Gasteiger partial charge in [0.25, 0.3) is 0 Å². The Morgan fingerprint density at radius 2 is 1.80 bits per heavy atom. The summed E-state index contributed by atoms with van der Waals surface area (Å²) < 4.78 is 0. The molecule has 0 unspecified atom stereocenters. The highest BCUT2D eigenvalue weighted by molar-refractivity contribution is 5.41. The van der Waals surface area contributed by atoms with Crippen molar-refractivity contribution in [1.29, 1.82) is 0 Å². The Kier molecular flexibility index (Phi) is 4.87. The van der Waals surface area contributed by atoms with Crippen molar-refractivity contribution in [3.8, 4) is 0 Å². The van der Waals surface area contributed by atoms with Gasteiger partial charge in [-0.2, -0.15) is 0 Å². The van der Waals surface area contributed by atoms with Gasteiger partial charge in [-0.1, -0.05) is 6.92 Å². The fraction of sp³-hybridized carbons (Fsp3) is 0.875. The van der Waals surface area contributed by atoms with Gasteiger partial charge in [0.1, 0.15) is 0 Å². The van der Waals surface area contributed by atoms with Crippen molar-refractivity contribution in [3.63, 3.8) is 0 Å². The fourth-order valence-electron chi connectivity index (χ4n) is 0.339. The average Bonchev–Trinajstić information content (AvgIpc) is 1.87. The van der Waals surface area contributed by atoms with Gasteiger partial charge in [0.05, 0.1) is 18.1 Å². The molecule has 0 N–H and O–H groups in total. The fourth-order valence-corrected chi connectivity index (χ4v) is 0.339. The van der Waals surface area contributed by atoms with Gasteiger partial charge in [-0.25, -0.2) is 9.98 Å². The van der Waals surface area contributed by atoms with Crippen LogP contribution in [0.25, 0.3) is 0 Å². The van der Waals surface area contributed by atoms with Gasteiger partial charge in [0.2, 0.25) is 0 Å². The summed E-state index contributed by atoms with van der Waals surface area (Å²) >= 11 is 0. The highest BCUT2D eigenvalue weighted by Crippen LogP contribution is 1.92. The van der Waals surface area contributed by atoms with Gasteiger partial charge < -0.3 is 0 Å². The molecule has 0 heterocycles. The first kappa shape index (κ1) is 9.38. The van der Waals surface area contributed by atoms with Gasteiger partial charge in [0, 0.05) is 0 Å². The molecule has 0 aliphatic carbocycles. The first-order valence-electron chi connectivity index (χ1n) is 3.81. The highest BCUT2D eigenvalue weighted by atomic mass is 14.8. The summed E-state index contributed by atoms with van der Waals surface area (Å²) in [6.45, 7) is 8.19. The Labute approximate surface area is 63.1 Å². The Balaban J connectivity index is 3.73. The largest absolute Gasteiger partial charge is 0.223 e. The van der Waals surface area contributed by atoms with Crippen molar-refractivity contribution >= 4 is 6.01 Å². The van der Waals surface area contributed by atoms with Gasteiger partial charge in [-0.15, -0.1) is 0 Å². The zero-order chi connectivity index (χ0) is 7.98. The lowest BCUT2D eigenvalue weighted by Crippen LogP contribution is -1.93. The minimum absolute atomic E-state index is 0.313. The van der Waals surface area contributed by atoms with Crippen LogP contribution in [-0.2, 0) is 0 Å². The molecule has 0 saturated heterocycles. The maximum absolute atomic E-state index is 4.07. The number of rotatable bonds is 3. The van der Waals surface area contributed by atoms with E-state index in [9.17, 15) is 0 Å². The molecule has 0 aromatic rings. The van der Waals surface area contributed by atoms with E-state index >= 15 is 0 Å². The lowest BCUT2D eigenvalue weighted by Gasteiger charge is -1.94. The molecule has 1 atom stereocenters. The Bertz CT molecular complexity index is 132. The molecule has 0 fully saturated rings. The van der Waals surface area contributed by atoms with Crippen molar-refractivity contribution in [2.75, 3.05) is 0 Å². The topological polar surface area (TPSA) is 24.7 Å². The van der Waals surface area contributed by atoms with Crippen LogP contribution in [-0.4, -0.2) is 18.1 Å². The minimum Gasteiger partial charge on any atom is -0.223 e. The summed E-state index contributed by atoms with van der Waals surface area (Å²) in [5.74, 6) is 0. The van der Waals surface area contributed by atoms with Crippen LogP contribution in [0.5, 0.6) is 0 Å². The van der Waals surface area contributed by atoms with Crippen molar-refractivity contribution in [1.82, 2.24) is 0 Å². The Hall–Kier alpha value is -0.620. The molecule has 2 heteroatoms. The average molecular weight is 140 g/mol. The second-order valence-electron chi connectivity index (χ2n) is 2.71. The lowest BCUT2D eigenvalue weighted by atomic mass is 10.3. The van der Waals surface area contributed by atoms with E-state index < -0.39 is 0 Å². The van der Waals surface area contributed by atoms with Crippen LogP contribution >= 0.6 is 0 Å². The first-order valence-corrected chi connectivity index (χ1v) is 3.81. The van der Waals surface area contributed by atoms with Crippen molar-refractivity contribution in [2.24, 2.45) is 9.98 Å². The summed E-state index contributed by atoms with van der Waals surface area (Å²) in [4.78, 5) is 8.06. The molecule has 0 aliphatic rings. The summed E-state index contributed by atoms with van der Waals surface area (Å²) in [6, 6.07) is 3.36. The maximum atomic E-state index is 4.07. The molecular formula is C8H16N2. The van der Waals surface area contributed by atoms with E-state index in [1.807, 2.05) is 13.8 Å². The Morgan fingerprint density at radius 1 is 1.20 bits per heavy atom. The third-order valence-electron chi connectivity index (χ3n) is 1.18. The van der Waals surface area contributed by atoms with E-state index in [0.29, 0.717) is 12.1 Å². The van der Waals surface area contributed by atoms with Crippen molar-refractivity contribution in [3.05, 3.63) is 0 Å². The van der Waals surface area contributed by atoms with E-state index in [0.717, 1.165) is 6.42 Å². The first-order chi connectivity index (χ1) is 4.66. The quantitative estimate of drug-likeness (QED) is 0.538. The van der Waals surface area contributed by atoms with Crippen LogP contribution in [0, 0.1) is 0 Å². The third kappa shape index (κ3) is 5.52. The van der Waals surface area contributed by atoms with E-state index in [2.05, 4.69) is 29.8 Å². The summed E-state index contributed by atoms with van der Waals surface area (Å²) in [5, 5.41) is 0. The predicted octanol–water partition coefficient (Wildman–Crippen LogP) is 2.37. The smallest absolute Gasteiger partial charge is 0.0898 e. The zero-order valence-electron chi connectivity index (χ0n) is 7.26. The normalized spacial score (nSPS) is 12.5. The van der Waals surface area contributed by atoms with Crippen LogP contribution in [0.1, 0.15) is 34.1 Å². The molecule has 10 heavy (non-hydrogen) atoms. The summed E-state index contributed by atoms with van der Waals surface area (Å²) in [6.07, 6.45) is 1.06. The van der Waals surface area contributed by atoms with Crippen LogP contribution in [0.4, 0.5) is 0 Å². The molecule has 0 spiro atoms. The molecule has 0 aromatic heterocycles. The van der Waals surface area contributed by atoms with Gasteiger partial charge in [-0.05, 0) is 27.2 Å². The monoisotopic (exact) mass is 140 g/mol. The van der Waals surface area contributed by atoms with E-state index in [1.165, 1.54) is 0 Å². The van der Waals surface area contributed by atoms with Gasteiger partial charge in [0.15, 0.2) is 0 Å². The number of nitrogens with zero attached hydrogens (tertiary/aromatic N) is 2. The second kappa shape index (κ2) is 5.19. The van der Waals surface area contributed by atoms with Crippen molar-refractivity contribution in [2.45, 2.75) is 46.2 Å². The number of hydrogen-bond acceptors (Lipinski definition) is 2. The van der Waals surface area contributed by atoms with Crippen LogP contribution in [0.3, 0.4) is 0 Å². The zero-order valence-corrected chi connectivity index (χ0v) is 7.26. The highest BCUT2D eigenvalue weighted by Gasteiger charge is 1.89. The molecule has 0 rings (SSSR count). The summed E-state index contributed by atoms with van der Waals surface area (Å²) in [7, 11) is 0. The Morgan fingerprint density at radius 3 is 2.20 bits per heavy atom. The summed E-state index contributed by atoms with van der Waals surface area (Å²) in [5.41, 5.74) is 0. The number of aliphatic imine (C=N–C) groups is 2. The predicted molar refractivity (Wildman–Crippen MR) is 44.8 cm³/mol. The molecule has 0 saturated carbocycles. The van der Waals surface area contributed by atoms with Crippen LogP contribution in [0.15, 0.2) is 9.98 Å². The molecule has 0 amide bonds. The van der Waals surface area contributed by atoms with E-state index in [-0.39, 0.29) is 0 Å². The molecule has 0 bridgehead atoms. The number of hydrogen-bond donors (Lipinski definition) is 0. The standard InChI is InChI=1S/C8H16N2/c1-5-8(4)10-6-9-7(2)3/h7-8H,5H2,1-4H3/t8-/m0/s1. The van der Waals surface area contributed by atoms with Crippen LogP contribution in [0.2, 0.25) is 0 Å². The molecule has 0 aliphatic heterocycles. The second-order valence-corrected chi connectivity index (χ2v) is 2.71.